The summed E-state index contributed by atoms with van der Waals surface area (Å²) in [6.07, 6.45) is 3.53. The van der Waals surface area contributed by atoms with E-state index < -0.39 is 10.5 Å². The molecule has 2 aliphatic rings. The van der Waals surface area contributed by atoms with Crippen molar-refractivity contribution in [2.45, 2.75) is 38.0 Å². The Morgan fingerprint density at radius 3 is 2.61 bits per heavy atom. The molecule has 2 atom stereocenters. The van der Waals surface area contributed by atoms with Crippen molar-refractivity contribution in [1.29, 1.82) is 0 Å². The molecule has 0 bridgehead atoms. The molecule has 4 rings (SSSR count). The van der Waals surface area contributed by atoms with Crippen LogP contribution in [0.5, 0.6) is 6.01 Å². The molecule has 1 saturated heterocycles. The summed E-state index contributed by atoms with van der Waals surface area (Å²) in [4.78, 5) is 16.8. The zero-order chi connectivity index (χ0) is 19.9. The van der Waals surface area contributed by atoms with Crippen molar-refractivity contribution in [3.8, 4) is 6.01 Å². The van der Waals surface area contributed by atoms with E-state index in [1.807, 2.05) is 19.2 Å². The van der Waals surface area contributed by atoms with Crippen LogP contribution in [0, 0.1) is 16.0 Å². The number of rotatable bonds is 5. The van der Waals surface area contributed by atoms with E-state index in [0.717, 1.165) is 31.0 Å². The van der Waals surface area contributed by atoms with E-state index in [1.165, 1.54) is 11.9 Å². The number of hydrogen-bond donors (Lipinski definition) is 1. The number of benzene rings is 1. The highest BCUT2D eigenvalue weighted by atomic mass is 35.5. The minimum absolute atomic E-state index is 0.126. The Hall–Kier alpha value is -2.32. The fourth-order valence-corrected chi connectivity index (χ4v) is 4.72. The fourth-order valence-electron chi connectivity index (χ4n) is 4.59. The Morgan fingerprint density at radius 2 is 2.04 bits per heavy atom. The molecular weight excluding hydrogens is 382 g/mol. The second kappa shape index (κ2) is 7.25. The normalized spacial score (nSPS) is 23.3. The van der Waals surface area contributed by atoms with Crippen LogP contribution in [0.25, 0.3) is 0 Å². The average molecular weight is 406 g/mol. The maximum Gasteiger partial charge on any atom is 0.415 e. The monoisotopic (exact) mass is 405 g/mol. The summed E-state index contributed by atoms with van der Waals surface area (Å²) >= 11 is 5.99. The molecule has 150 valence electrons. The van der Waals surface area contributed by atoms with Gasteiger partial charge in [-0.3, -0.25) is 4.57 Å². The van der Waals surface area contributed by atoms with Gasteiger partial charge in [0.05, 0.1) is 12.6 Å². The highest BCUT2D eigenvalue weighted by Crippen LogP contribution is 2.38. The molecule has 2 aromatic rings. The van der Waals surface area contributed by atoms with E-state index in [-0.39, 0.29) is 11.9 Å². The first-order valence-electron chi connectivity index (χ1n) is 9.48. The van der Waals surface area contributed by atoms with Gasteiger partial charge >= 0.3 is 11.8 Å². The van der Waals surface area contributed by atoms with Gasteiger partial charge in [-0.15, -0.1) is 0 Å². The molecule has 1 aromatic carbocycles. The maximum absolute atomic E-state index is 10.9. The zero-order valence-electron chi connectivity index (χ0n) is 16.0. The number of nitro groups is 1. The second-order valence-corrected chi connectivity index (χ2v) is 8.19. The summed E-state index contributed by atoms with van der Waals surface area (Å²) in [7, 11) is 1.95. The number of halogens is 1. The number of hydrogen-bond acceptors (Lipinski definition) is 6. The molecule has 1 fully saturated rings. The first kappa shape index (κ1) is 19.0. The van der Waals surface area contributed by atoms with E-state index >= 15 is 0 Å². The van der Waals surface area contributed by atoms with Crippen LogP contribution >= 0.6 is 11.6 Å². The SMILES string of the molecule is CNC(C1CCN(c2ccc(Cl)cc2)CC1)C1(C)Cn2cc([N+](=O)[O-])nc2O1. The number of ether oxygens (including phenoxy) is 1. The predicted molar refractivity (Wildman–Crippen MR) is 107 cm³/mol. The smallest absolute Gasteiger partial charge is 0.415 e. The Bertz CT molecular complexity index is 837. The average Bonchev–Trinajstić information content (AvgIpc) is 3.19. The Kier molecular flexibility index (Phi) is 4.93. The van der Waals surface area contributed by atoms with Crippen LogP contribution in [0.2, 0.25) is 5.02 Å². The molecule has 0 saturated carbocycles. The minimum atomic E-state index is -0.492. The number of piperidine rings is 1. The van der Waals surface area contributed by atoms with Gasteiger partial charge in [0.2, 0.25) is 0 Å². The van der Waals surface area contributed by atoms with E-state index in [4.69, 9.17) is 16.3 Å². The highest BCUT2D eigenvalue weighted by Gasteiger charge is 2.48. The lowest BCUT2D eigenvalue weighted by Gasteiger charge is -2.42. The molecule has 0 spiro atoms. The van der Waals surface area contributed by atoms with Gasteiger partial charge in [-0.05, 0) is 61.9 Å². The van der Waals surface area contributed by atoms with E-state index in [9.17, 15) is 10.1 Å². The molecule has 3 heterocycles. The molecule has 2 unspecified atom stereocenters. The van der Waals surface area contributed by atoms with Gasteiger partial charge in [0.15, 0.2) is 0 Å². The summed E-state index contributed by atoms with van der Waals surface area (Å²) in [5.74, 6) is 0.271. The highest BCUT2D eigenvalue weighted by molar-refractivity contribution is 6.30. The molecule has 9 heteroatoms. The van der Waals surface area contributed by atoms with Crippen LogP contribution in [0.15, 0.2) is 30.5 Å². The van der Waals surface area contributed by atoms with Crippen LogP contribution in [0.1, 0.15) is 19.8 Å². The molecular formula is C19H24ClN5O3. The van der Waals surface area contributed by atoms with Gasteiger partial charge in [0.25, 0.3) is 0 Å². The van der Waals surface area contributed by atoms with Crippen LogP contribution in [-0.4, -0.2) is 46.3 Å². The number of aromatic nitrogens is 2. The third-order valence-corrected chi connectivity index (χ3v) is 6.15. The lowest BCUT2D eigenvalue weighted by Crippen LogP contribution is -2.57. The molecule has 0 radical (unpaired) electrons. The first-order chi connectivity index (χ1) is 13.4. The summed E-state index contributed by atoms with van der Waals surface area (Å²) in [6, 6.07) is 8.42. The minimum Gasteiger partial charge on any atom is -0.436 e. The third-order valence-electron chi connectivity index (χ3n) is 5.89. The number of nitrogens with one attached hydrogen (secondary N) is 1. The predicted octanol–water partition coefficient (Wildman–Crippen LogP) is 3.10. The van der Waals surface area contributed by atoms with Crippen molar-refractivity contribution < 1.29 is 9.66 Å². The van der Waals surface area contributed by atoms with E-state index in [2.05, 4.69) is 34.3 Å². The number of likely N-dealkylation sites (N-methyl/N-ethyl adjacent to an activating group) is 1. The molecule has 1 N–H and O–H groups in total. The molecule has 1 aromatic heterocycles. The Morgan fingerprint density at radius 1 is 1.36 bits per heavy atom. The summed E-state index contributed by atoms with van der Waals surface area (Å²) in [5, 5.41) is 15.1. The van der Waals surface area contributed by atoms with E-state index in [1.54, 1.807) is 4.57 Å². The van der Waals surface area contributed by atoms with Gasteiger partial charge in [-0.2, -0.15) is 0 Å². The zero-order valence-corrected chi connectivity index (χ0v) is 16.7. The largest absolute Gasteiger partial charge is 0.436 e. The van der Waals surface area contributed by atoms with Gasteiger partial charge in [0.1, 0.15) is 11.8 Å². The maximum atomic E-state index is 10.9. The lowest BCUT2D eigenvalue weighted by molar-refractivity contribution is -0.389. The van der Waals surface area contributed by atoms with Crippen LogP contribution in [-0.2, 0) is 6.54 Å². The third kappa shape index (κ3) is 3.42. The lowest BCUT2D eigenvalue weighted by atomic mass is 9.80. The molecule has 2 aliphatic heterocycles. The number of nitrogens with zero attached hydrogens (tertiary/aromatic N) is 4. The molecule has 8 nitrogen and oxygen atoms in total. The number of fused-ring (bicyclic) bond motifs is 1. The molecule has 0 aliphatic carbocycles. The van der Waals surface area contributed by atoms with Crippen molar-refractivity contribution in [3.05, 3.63) is 45.6 Å². The molecule has 28 heavy (non-hydrogen) atoms. The van der Waals surface area contributed by atoms with Crippen molar-refractivity contribution in [1.82, 2.24) is 14.9 Å². The van der Waals surface area contributed by atoms with Crippen LogP contribution in [0.4, 0.5) is 11.5 Å². The van der Waals surface area contributed by atoms with Gasteiger partial charge in [0, 0.05) is 28.8 Å². The van der Waals surface area contributed by atoms with Crippen molar-refractivity contribution in [2.75, 3.05) is 25.0 Å². The van der Waals surface area contributed by atoms with Crippen LogP contribution < -0.4 is 15.0 Å². The van der Waals surface area contributed by atoms with Crippen molar-refractivity contribution in [3.63, 3.8) is 0 Å². The van der Waals surface area contributed by atoms with E-state index in [0.29, 0.717) is 18.5 Å². The molecule has 0 amide bonds. The fraction of sp³-hybridized carbons (Fsp3) is 0.526. The van der Waals surface area contributed by atoms with Gasteiger partial charge in [-0.1, -0.05) is 11.6 Å². The summed E-state index contributed by atoms with van der Waals surface area (Å²) < 4.78 is 7.85. The quantitative estimate of drug-likeness (QED) is 0.607. The van der Waals surface area contributed by atoms with Gasteiger partial charge < -0.3 is 25.1 Å². The van der Waals surface area contributed by atoms with Crippen LogP contribution in [0.3, 0.4) is 0 Å². The first-order valence-corrected chi connectivity index (χ1v) is 9.86. The number of imidazole rings is 1. The topological polar surface area (TPSA) is 85.5 Å². The van der Waals surface area contributed by atoms with Crippen molar-refractivity contribution in [2.24, 2.45) is 5.92 Å². The van der Waals surface area contributed by atoms with Gasteiger partial charge in [-0.25, -0.2) is 0 Å². The summed E-state index contributed by atoms with van der Waals surface area (Å²) in [6.45, 7) is 4.54. The Labute approximate surface area is 168 Å². The standard InChI is InChI=1S/C19H24ClN5O3/c1-19(12-24-11-16(25(26)27)22-18(24)28-19)17(21-2)13-7-9-23(10-8-13)15-5-3-14(20)4-6-15/h3-6,11,13,17,21H,7-10,12H2,1-2H3. The van der Waals surface area contributed by atoms with Crippen molar-refractivity contribution >= 4 is 23.1 Å². The Balaban J connectivity index is 1.42. The number of anilines is 1. The summed E-state index contributed by atoms with van der Waals surface area (Å²) in [5.41, 5.74) is 0.707. The second-order valence-electron chi connectivity index (χ2n) is 7.75.